The number of carbonyl (C=O) groups is 1. The van der Waals surface area contributed by atoms with E-state index in [4.69, 9.17) is 14.5 Å². The van der Waals surface area contributed by atoms with Gasteiger partial charge in [0.1, 0.15) is 18.2 Å². The van der Waals surface area contributed by atoms with E-state index in [1.54, 1.807) is 47.5 Å². The van der Waals surface area contributed by atoms with Crippen LogP contribution in [0.3, 0.4) is 0 Å². The van der Waals surface area contributed by atoms with Gasteiger partial charge in [-0.1, -0.05) is 72.0 Å². The maximum atomic E-state index is 14.4. The van der Waals surface area contributed by atoms with Gasteiger partial charge in [-0.2, -0.15) is 0 Å². The molecule has 0 bridgehead atoms. The number of thioether (sulfide) groups is 1. The van der Waals surface area contributed by atoms with Crippen LogP contribution in [-0.2, 0) is 16.1 Å². The van der Waals surface area contributed by atoms with Crippen molar-refractivity contribution in [2.75, 3.05) is 12.9 Å². The molecule has 1 atom stereocenters. The molecule has 4 aromatic carbocycles. The highest BCUT2D eigenvalue weighted by molar-refractivity contribution is 14.1. The number of benzene rings is 4. The van der Waals surface area contributed by atoms with E-state index in [2.05, 4.69) is 45.2 Å². The molecule has 47 heavy (non-hydrogen) atoms. The summed E-state index contributed by atoms with van der Waals surface area (Å²) < 4.78 is 30.0. The van der Waals surface area contributed by atoms with Gasteiger partial charge in [-0.3, -0.25) is 9.36 Å². The van der Waals surface area contributed by atoms with E-state index in [1.807, 2.05) is 73.0 Å². The Kier molecular flexibility index (Phi) is 10.6. The smallest absolute Gasteiger partial charge is 0.338 e. The summed E-state index contributed by atoms with van der Waals surface area (Å²) in [6.07, 6.45) is 3.78. The summed E-state index contributed by atoms with van der Waals surface area (Å²) in [4.78, 5) is 34.6. The highest BCUT2D eigenvalue weighted by Crippen LogP contribution is 2.36. The Bertz CT molecular complexity index is 2180. The minimum Gasteiger partial charge on any atom is -0.487 e. The predicted octanol–water partition coefficient (Wildman–Crippen LogP) is 7.58. The van der Waals surface area contributed by atoms with Crippen LogP contribution in [0.15, 0.2) is 111 Å². The lowest BCUT2D eigenvalue weighted by molar-refractivity contribution is -0.138. The Morgan fingerprint density at radius 2 is 1.77 bits per heavy atom. The van der Waals surface area contributed by atoms with Gasteiger partial charge < -0.3 is 9.47 Å². The fourth-order valence-electron chi connectivity index (χ4n) is 5.29. The maximum absolute atomic E-state index is 14.4. The number of hydrogen-bond donors (Lipinski definition) is 0. The van der Waals surface area contributed by atoms with Crippen molar-refractivity contribution >= 4 is 86.0 Å². The van der Waals surface area contributed by atoms with Crippen molar-refractivity contribution in [3.8, 4) is 5.75 Å². The summed E-state index contributed by atoms with van der Waals surface area (Å²) in [6, 6.07) is 26.9. The molecule has 6 rings (SSSR count). The van der Waals surface area contributed by atoms with Gasteiger partial charge in [-0.05, 0) is 100 Å². The summed E-state index contributed by atoms with van der Waals surface area (Å²) in [5, 5.41) is 0. The fourth-order valence-corrected chi connectivity index (χ4v) is 8.73. The first kappa shape index (κ1) is 33.6. The topological polar surface area (TPSA) is 69.9 Å². The van der Waals surface area contributed by atoms with Crippen molar-refractivity contribution in [1.29, 1.82) is 0 Å². The molecule has 1 aliphatic heterocycles. The lowest BCUT2D eigenvalue weighted by atomic mass is 9.93. The van der Waals surface area contributed by atoms with Gasteiger partial charge in [-0.25, -0.2) is 14.2 Å². The van der Waals surface area contributed by atoms with Crippen LogP contribution in [0.1, 0.15) is 35.2 Å². The van der Waals surface area contributed by atoms with Gasteiger partial charge >= 0.3 is 5.97 Å². The predicted molar refractivity (Wildman–Crippen MR) is 202 cm³/mol. The first-order valence-corrected chi connectivity index (χ1v) is 18.8. The van der Waals surface area contributed by atoms with E-state index in [0.29, 0.717) is 37.5 Å². The number of thiazole rings is 1. The summed E-state index contributed by atoms with van der Waals surface area (Å²) >= 11 is 7.27. The number of hydrogen-bond acceptors (Lipinski definition) is 7. The molecule has 0 fully saturated rings. The Morgan fingerprint density at radius 1 is 1.04 bits per heavy atom. The van der Waals surface area contributed by atoms with E-state index in [-0.39, 0.29) is 24.6 Å². The summed E-state index contributed by atoms with van der Waals surface area (Å²) in [7, 11) is 0. The minimum absolute atomic E-state index is 0.0285. The number of esters is 1. The zero-order chi connectivity index (χ0) is 33.1. The van der Waals surface area contributed by atoms with Gasteiger partial charge in [0.15, 0.2) is 4.80 Å². The monoisotopic (exact) mass is 888 g/mol. The normalized spacial score (nSPS) is 14.5. The standard InChI is InChI=1S/C36H27FI2N2O4S2/c1-3-44-35(43)30-31(21-9-5-4-6-10-21)40-36-41(32(30)22-13-15-26(46-2)16-14-22)34(42)29(47-36)18-24-17-25(38)19-28(39)33(24)45-20-23-11-7-8-12-27(23)37/h4-19,32H,3,20H2,1-2H3/b29-18-/t32-/m0/s1. The van der Waals surface area contributed by atoms with Crippen LogP contribution in [0.25, 0.3) is 11.8 Å². The molecule has 0 aliphatic carbocycles. The zero-order valence-corrected chi connectivity index (χ0v) is 31.2. The summed E-state index contributed by atoms with van der Waals surface area (Å²) in [5.41, 5.74) is 3.08. The Balaban J connectivity index is 1.56. The largest absolute Gasteiger partial charge is 0.487 e. The molecule has 1 aromatic heterocycles. The van der Waals surface area contributed by atoms with Crippen molar-refractivity contribution in [2.45, 2.75) is 24.5 Å². The number of aromatic nitrogens is 1. The van der Waals surface area contributed by atoms with Crippen LogP contribution in [0.2, 0.25) is 0 Å². The Hall–Kier alpha value is -3.27. The first-order valence-electron chi connectivity index (χ1n) is 14.6. The van der Waals surface area contributed by atoms with E-state index >= 15 is 0 Å². The van der Waals surface area contributed by atoms with Crippen LogP contribution in [-0.4, -0.2) is 23.4 Å². The molecule has 0 N–H and O–H groups in total. The molecular weight excluding hydrogens is 861 g/mol. The number of nitrogens with zero attached hydrogens (tertiary/aromatic N) is 2. The molecule has 11 heteroatoms. The minimum atomic E-state index is -0.772. The second-order valence-electron chi connectivity index (χ2n) is 10.4. The molecule has 0 radical (unpaired) electrons. The van der Waals surface area contributed by atoms with Crippen LogP contribution in [0.5, 0.6) is 5.75 Å². The molecule has 0 unspecified atom stereocenters. The van der Waals surface area contributed by atoms with Crippen LogP contribution < -0.4 is 19.6 Å². The average molecular weight is 889 g/mol. The Labute approximate surface area is 306 Å². The van der Waals surface area contributed by atoms with Crippen LogP contribution in [0, 0.1) is 13.0 Å². The number of rotatable bonds is 9. The Morgan fingerprint density at radius 3 is 2.47 bits per heavy atom. The van der Waals surface area contributed by atoms with E-state index in [0.717, 1.165) is 23.2 Å². The molecule has 0 saturated carbocycles. The van der Waals surface area contributed by atoms with Crippen molar-refractivity contribution in [2.24, 2.45) is 4.99 Å². The molecule has 0 spiro atoms. The number of ether oxygens (including phenoxy) is 2. The van der Waals surface area contributed by atoms with Crippen molar-refractivity contribution in [1.82, 2.24) is 4.57 Å². The van der Waals surface area contributed by atoms with Gasteiger partial charge in [0.25, 0.3) is 5.56 Å². The molecule has 1 aliphatic rings. The summed E-state index contributed by atoms with van der Waals surface area (Å²) in [5.74, 6) is -0.333. The van der Waals surface area contributed by atoms with E-state index in [9.17, 15) is 14.0 Å². The lowest BCUT2D eigenvalue weighted by Gasteiger charge is -2.26. The van der Waals surface area contributed by atoms with E-state index in [1.165, 1.54) is 17.4 Å². The molecular formula is C36H27FI2N2O4S2. The third-order valence-electron chi connectivity index (χ3n) is 7.46. The van der Waals surface area contributed by atoms with Gasteiger partial charge in [0.2, 0.25) is 0 Å². The third-order valence-corrected chi connectivity index (χ3v) is 10.6. The van der Waals surface area contributed by atoms with Crippen molar-refractivity contribution in [3.05, 3.63) is 151 Å². The number of halogens is 3. The number of fused-ring (bicyclic) bond motifs is 1. The highest BCUT2D eigenvalue weighted by Gasteiger charge is 2.35. The SMILES string of the molecule is CCOC(=O)C1=C(c2ccccc2)N=c2s/c(=C\c3cc(I)cc(I)c3OCc3ccccc3F)c(=O)n2[C@H]1c1ccc(SC)cc1. The van der Waals surface area contributed by atoms with Crippen molar-refractivity contribution < 1.29 is 18.7 Å². The molecule has 0 saturated heterocycles. The van der Waals surface area contributed by atoms with Crippen LogP contribution in [0.4, 0.5) is 4.39 Å². The highest BCUT2D eigenvalue weighted by atomic mass is 127. The van der Waals surface area contributed by atoms with Gasteiger partial charge in [0, 0.05) is 25.2 Å². The maximum Gasteiger partial charge on any atom is 0.338 e. The second-order valence-corrected chi connectivity index (χ2v) is 14.7. The molecule has 6 nitrogen and oxygen atoms in total. The quantitative estimate of drug-likeness (QED) is 0.0868. The number of carbonyl (C=O) groups excluding carboxylic acids is 1. The molecule has 5 aromatic rings. The van der Waals surface area contributed by atoms with Gasteiger partial charge in [-0.15, -0.1) is 11.8 Å². The second kappa shape index (κ2) is 14.9. The van der Waals surface area contributed by atoms with E-state index < -0.39 is 12.0 Å². The summed E-state index contributed by atoms with van der Waals surface area (Å²) in [6.45, 7) is 1.96. The molecule has 0 amide bonds. The van der Waals surface area contributed by atoms with Crippen molar-refractivity contribution in [3.63, 3.8) is 0 Å². The zero-order valence-electron chi connectivity index (χ0n) is 25.2. The average Bonchev–Trinajstić information content (AvgIpc) is 3.38. The van der Waals surface area contributed by atoms with Crippen LogP contribution >= 0.6 is 68.3 Å². The molecule has 238 valence electrons. The first-order chi connectivity index (χ1) is 22.8. The van der Waals surface area contributed by atoms with Gasteiger partial charge in [0.05, 0.1) is 32.0 Å². The molecule has 2 heterocycles. The fraction of sp³-hybridized carbons (Fsp3) is 0.139. The lowest BCUT2D eigenvalue weighted by Crippen LogP contribution is -2.40. The third kappa shape index (κ3) is 7.13.